The van der Waals surface area contributed by atoms with Gasteiger partial charge in [-0.2, -0.15) is 0 Å². The first-order valence-electron chi connectivity index (χ1n) is 11.6. The van der Waals surface area contributed by atoms with Crippen molar-refractivity contribution in [2.75, 3.05) is 0 Å². The van der Waals surface area contributed by atoms with Gasteiger partial charge in [-0.3, -0.25) is 19.2 Å². The molecule has 0 saturated heterocycles. The number of hydrogen-bond acceptors (Lipinski definition) is 9. The lowest BCUT2D eigenvalue weighted by molar-refractivity contribution is 0.0888. The van der Waals surface area contributed by atoms with E-state index in [0.29, 0.717) is 0 Å². The summed E-state index contributed by atoms with van der Waals surface area (Å²) in [6.45, 7) is 0. The van der Waals surface area contributed by atoms with Gasteiger partial charge in [-0.05, 0) is 36.4 Å². The minimum absolute atomic E-state index is 0.0430. The minimum atomic E-state index is -1.45. The van der Waals surface area contributed by atoms with Crippen molar-refractivity contribution in [3.05, 3.63) is 129 Å². The maximum atomic E-state index is 12.8. The van der Waals surface area contributed by atoms with Crippen LogP contribution in [0.5, 0.6) is 11.5 Å². The molecule has 4 aromatic rings. The molecule has 9 heteroatoms. The summed E-state index contributed by atoms with van der Waals surface area (Å²) in [5.41, 5.74) is 1.41. The topological polar surface area (TPSA) is 130 Å². The fraction of sp³-hybridized carbons (Fsp3) is 0. The average Bonchev–Trinajstić information content (AvgIpc) is 2.94. The van der Waals surface area contributed by atoms with Crippen molar-refractivity contribution in [3.63, 3.8) is 0 Å². The number of ketones is 4. The van der Waals surface area contributed by atoms with E-state index in [2.05, 4.69) is 4.74 Å². The van der Waals surface area contributed by atoms with E-state index in [0.717, 1.165) is 0 Å². The molecule has 188 valence electrons. The van der Waals surface area contributed by atoms with Crippen LogP contribution in [0.1, 0.15) is 63.7 Å². The molecular weight excluding hydrogens is 504 g/mol. The third-order valence-electron chi connectivity index (χ3n) is 6.36. The van der Waals surface area contributed by atoms with Crippen LogP contribution in [0.4, 0.5) is 9.59 Å². The highest BCUT2D eigenvalue weighted by Crippen LogP contribution is 2.31. The molecule has 2 aliphatic rings. The molecule has 9 nitrogen and oxygen atoms in total. The lowest BCUT2D eigenvalue weighted by Gasteiger charge is -2.18. The van der Waals surface area contributed by atoms with Crippen LogP contribution in [-0.4, -0.2) is 35.4 Å². The van der Waals surface area contributed by atoms with E-state index in [9.17, 15) is 28.8 Å². The SMILES string of the molecule is O=C(OC(=O)Oc1ccc2c(c1)C(=O)c1ccccc1C2=O)Oc1ccc2c(c1)C(=O)c1ccccc1C2=O. The second-order valence-corrected chi connectivity index (χ2v) is 8.63. The minimum Gasteiger partial charge on any atom is -0.395 e. The van der Waals surface area contributed by atoms with Crippen LogP contribution in [0.15, 0.2) is 84.9 Å². The standard InChI is InChI=1S/C30H14O9/c31-25-17-5-1-3-7-19(17)27(33)23-13-15(9-11-21(23)25)37-29(35)39-30(36)38-16-10-12-22-24(14-16)28(34)20-8-4-2-6-18(20)26(22)32/h1-14H. The van der Waals surface area contributed by atoms with Crippen molar-refractivity contribution in [1.82, 2.24) is 0 Å². The van der Waals surface area contributed by atoms with Crippen molar-refractivity contribution in [1.29, 1.82) is 0 Å². The first-order chi connectivity index (χ1) is 18.8. The van der Waals surface area contributed by atoms with Crippen LogP contribution in [0.25, 0.3) is 0 Å². The Kier molecular flexibility index (Phi) is 5.46. The van der Waals surface area contributed by atoms with Gasteiger partial charge in [-0.25, -0.2) is 9.59 Å². The molecule has 6 rings (SSSR count). The van der Waals surface area contributed by atoms with E-state index in [1.54, 1.807) is 36.4 Å². The number of rotatable bonds is 2. The Hall–Kier alpha value is -5.70. The highest BCUT2D eigenvalue weighted by Gasteiger charge is 2.31. The fourth-order valence-electron chi connectivity index (χ4n) is 4.59. The summed E-state index contributed by atoms with van der Waals surface area (Å²) in [6.07, 6.45) is -2.90. The van der Waals surface area contributed by atoms with Gasteiger partial charge >= 0.3 is 12.3 Å². The normalized spacial score (nSPS) is 13.0. The van der Waals surface area contributed by atoms with E-state index in [-0.39, 0.29) is 67.6 Å². The quantitative estimate of drug-likeness (QED) is 0.177. The van der Waals surface area contributed by atoms with E-state index >= 15 is 0 Å². The van der Waals surface area contributed by atoms with E-state index in [1.165, 1.54) is 48.5 Å². The summed E-state index contributed by atoms with van der Waals surface area (Å²) >= 11 is 0. The van der Waals surface area contributed by atoms with Gasteiger partial charge in [0.25, 0.3) is 0 Å². The molecule has 0 fully saturated rings. The number of hydrogen-bond donors (Lipinski definition) is 0. The molecule has 0 saturated carbocycles. The molecule has 0 aromatic heterocycles. The lowest BCUT2D eigenvalue weighted by atomic mass is 9.84. The zero-order valence-corrected chi connectivity index (χ0v) is 19.8. The monoisotopic (exact) mass is 518 g/mol. The highest BCUT2D eigenvalue weighted by molar-refractivity contribution is 6.29. The summed E-state index contributed by atoms with van der Waals surface area (Å²) in [7, 11) is 0. The molecule has 0 spiro atoms. The Balaban J connectivity index is 1.14. The van der Waals surface area contributed by atoms with E-state index < -0.39 is 23.9 Å². The lowest BCUT2D eigenvalue weighted by Crippen LogP contribution is -2.22. The second-order valence-electron chi connectivity index (χ2n) is 8.63. The molecule has 0 N–H and O–H groups in total. The summed E-state index contributed by atoms with van der Waals surface area (Å²) in [5, 5.41) is 0. The predicted octanol–water partition coefficient (Wildman–Crippen LogP) is 4.95. The molecule has 0 heterocycles. The molecule has 0 unspecified atom stereocenters. The van der Waals surface area contributed by atoms with Gasteiger partial charge in [-0.15, -0.1) is 0 Å². The highest BCUT2D eigenvalue weighted by atomic mass is 16.8. The van der Waals surface area contributed by atoms with Gasteiger partial charge in [0, 0.05) is 44.5 Å². The van der Waals surface area contributed by atoms with E-state index in [4.69, 9.17) is 9.47 Å². The number of benzene rings is 4. The third kappa shape index (κ3) is 3.98. The van der Waals surface area contributed by atoms with Crippen molar-refractivity contribution in [2.45, 2.75) is 0 Å². The van der Waals surface area contributed by atoms with Crippen LogP contribution in [0, 0.1) is 0 Å². The predicted molar refractivity (Wildman–Crippen MR) is 133 cm³/mol. The largest absolute Gasteiger partial charge is 0.524 e. The zero-order chi connectivity index (χ0) is 27.3. The van der Waals surface area contributed by atoms with Crippen LogP contribution >= 0.6 is 0 Å². The van der Waals surface area contributed by atoms with Gasteiger partial charge in [0.2, 0.25) is 0 Å². The first kappa shape index (κ1) is 23.7. The van der Waals surface area contributed by atoms with Crippen LogP contribution in [0.3, 0.4) is 0 Å². The summed E-state index contributed by atoms with van der Waals surface area (Å²) in [4.78, 5) is 75.5. The first-order valence-corrected chi connectivity index (χ1v) is 11.6. The molecule has 4 aromatic carbocycles. The molecule has 0 atom stereocenters. The van der Waals surface area contributed by atoms with Gasteiger partial charge in [-0.1, -0.05) is 48.5 Å². The van der Waals surface area contributed by atoms with Crippen molar-refractivity contribution in [2.24, 2.45) is 0 Å². The van der Waals surface area contributed by atoms with Gasteiger partial charge in [0.15, 0.2) is 23.1 Å². The fourth-order valence-corrected chi connectivity index (χ4v) is 4.59. The molecule has 2 aliphatic carbocycles. The Morgan fingerprint density at radius 3 is 1.08 bits per heavy atom. The molecule has 0 aliphatic heterocycles. The number of fused-ring (bicyclic) bond motifs is 4. The molecule has 39 heavy (non-hydrogen) atoms. The number of ether oxygens (including phenoxy) is 3. The zero-order valence-electron chi connectivity index (χ0n) is 19.8. The van der Waals surface area contributed by atoms with Gasteiger partial charge in [0.1, 0.15) is 11.5 Å². The second kappa shape index (κ2) is 9.00. The summed E-state index contributed by atoms with van der Waals surface area (Å²) in [5.74, 6) is -1.78. The van der Waals surface area contributed by atoms with Crippen molar-refractivity contribution >= 4 is 35.4 Å². The molecule has 0 radical (unpaired) electrons. The Morgan fingerprint density at radius 2 is 0.718 bits per heavy atom. The Labute approximate surface area is 219 Å². The maximum Gasteiger partial charge on any atom is 0.524 e. The number of carbonyl (C=O) groups is 6. The summed E-state index contributed by atoms with van der Waals surface area (Å²) in [6, 6.07) is 20.4. The molecule has 0 amide bonds. The maximum absolute atomic E-state index is 12.8. The van der Waals surface area contributed by atoms with Gasteiger partial charge in [0.05, 0.1) is 0 Å². The number of carbonyl (C=O) groups excluding carboxylic acids is 6. The van der Waals surface area contributed by atoms with Crippen LogP contribution in [0.2, 0.25) is 0 Å². The Morgan fingerprint density at radius 1 is 0.410 bits per heavy atom. The smallest absolute Gasteiger partial charge is 0.395 e. The van der Waals surface area contributed by atoms with Crippen molar-refractivity contribution in [3.8, 4) is 11.5 Å². The van der Waals surface area contributed by atoms with Crippen molar-refractivity contribution < 1.29 is 43.0 Å². The molecular formula is C30H14O9. The van der Waals surface area contributed by atoms with Crippen LogP contribution < -0.4 is 9.47 Å². The third-order valence-corrected chi connectivity index (χ3v) is 6.36. The van der Waals surface area contributed by atoms with Gasteiger partial charge < -0.3 is 14.2 Å². The Bertz CT molecular complexity index is 1670. The van der Waals surface area contributed by atoms with Crippen LogP contribution in [-0.2, 0) is 4.74 Å². The average molecular weight is 518 g/mol. The van der Waals surface area contributed by atoms with E-state index in [1.807, 2.05) is 0 Å². The summed E-state index contributed by atoms with van der Waals surface area (Å²) < 4.78 is 14.5. The molecule has 0 bridgehead atoms.